The van der Waals surface area contributed by atoms with Crippen LogP contribution in [-0.2, 0) is 19.7 Å². The molecular formula is C11H16O4S2. The van der Waals surface area contributed by atoms with Crippen LogP contribution in [0.25, 0.3) is 0 Å². The van der Waals surface area contributed by atoms with Crippen LogP contribution < -0.4 is 0 Å². The summed E-state index contributed by atoms with van der Waals surface area (Å²) in [6, 6.07) is 5.37. The largest absolute Gasteiger partial charge is 0.224 e. The molecule has 0 radical (unpaired) electrons. The number of rotatable bonds is 4. The van der Waals surface area contributed by atoms with Crippen molar-refractivity contribution in [1.29, 1.82) is 0 Å². The van der Waals surface area contributed by atoms with E-state index in [0.717, 1.165) is 0 Å². The Morgan fingerprint density at radius 1 is 0.941 bits per heavy atom. The molecule has 0 aliphatic heterocycles. The summed E-state index contributed by atoms with van der Waals surface area (Å²) in [4.78, 5) is 0.310. The molecule has 0 fully saturated rings. The van der Waals surface area contributed by atoms with Gasteiger partial charge in [0.1, 0.15) is 0 Å². The third-order valence-corrected chi connectivity index (χ3v) is 6.43. The summed E-state index contributed by atoms with van der Waals surface area (Å²) in [5.41, 5.74) is 0. The first-order chi connectivity index (χ1) is 7.71. The van der Waals surface area contributed by atoms with Crippen LogP contribution in [0.4, 0.5) is 0 Å². The molecule has 0 bridgehead atoms. The minimum absolute atomic E-state index is 0.00325. The van der Waals surface area contributed by atoms with Crippen molar-refractivity contribution in [1.82, 2.24) is 0 Å². The Morgan fingerprint density at radius 3 is 1.71 bits per heavy atom. The first kappa shape index (κ1) is 14.2. The molecule has 1 rings (SSSR count). The maximum absolute atomic E-state index is 11.8. The molecule has 0 saturated carbocycles. The van der Waals surface area contributed by atoms with Crippen molar-refractivity contribution < 1.29 is 16.8 Å². The van der Waals surface area contributed by atoms with Gasteiger partial charge in [0.15, 0.2) is 19.7 Å². The van der Waals surface area contributed by atoms with Gasteiger partial charge < -0.3 is 0 Å². The zero-order chi connectivity index (χ0) is 13.3. The second-order valence-electron chi connectivity index (χ2n) is 3.97. The number of sulfone groups is 2. The fraction of sp³-hybridized carbons (Fsp3) is 0.455. The molecule has 17 heavy (non-hydrogen) atoms. The molecule has 0 unspecified atom stereocenters. The Bertz CT molecular complexity index is 581. The van der Waals surface area contributed by atoms with Gasteiger partial charge >= 0.3 is 0 Å². The maximum atomic E-state index is 11.8. The summed E-state index contributed by atoms with van der Waals surface area (Å²) >= 11 is 0. The van der Waals surface area contributed by atoms with E-state index >= 15 is 0 Å². The molecule has 0 aromatic heterocycles. The van der Waals surface area contributed by atoms with Gasteiger partial charge in [-0.3, -0.25) is 0 Å². The van der Waals surface area contributed by atoms with Crippen LogP contribution in [0.3, 0.4) is 0 Å². The predicted octanol–water partition coefficient (Wildman–Crippen LogP) is 1.66. The molecular weight excluding hydrogens is 260 g/mol. The fourth-order valence-electron chi connectivity index (χ4n) is 1.28. The van der Waals surface area contributed by atoms with Crippen LogP contribution in [0.15, 0.2) is 34.1 Å². The van der Waals surface area contributed by atoms with Gasteiger partial charge in [0.2, 0.25) is 0 Å². The minimum Gasteiger partial charge on any atom is -0.224 e. The molecule has 0 aliphatic carbocycles. The summed E-state index contributed by atoms with van der Waals surface area (Å²) in [5.74, 6) is 0.00325. The molecule has 1 aromatic carbocycles. The van der Waals surface area contributed by atoms with Crippen LogP contribution in [0.5, 0.6) is 0 Å². The summed E-state index contributed by atoms with van der Waals surface area (Å²) in [7, 11) is -6.62. The topological polar surface area (TPSA) is 68.3 Å². The Hall–Kier alpha value is -0.880. The smallest absolute Gasteiger partial charge is 0.180 e. The zero-order valence-corrected chi connectivity index (χ0v) is 11.7. The zero-order valence-electron chi connectivity index (χ0n) is 10.0. The molecule has 6 heteroatoms. The second kappa shape index (κ2) is 4.78. The Morgan fingerprint density at radius 2 is 1.35 bits per heavy atom. The monoisotopic (exact) mass is 276 g/mol. The van der Waals surface area contributed by atoms with Crippen LogP contribution in [0.1, 0.15) is 20.8 Å². The highest BCUT2D eigenvalue weighted by Crippen LogP contribution is 2.19. The summed E-state index contributed by atoms with van der Waals surface area (Å²) < 4.78 is 46.7. The van der Waals surface area contributed by atoms with E-state index in [-0.39, 0.29) is 15.5 Å². The average molecular weight is 276 g/mol. The van der Waals surface area contributed by atoms with E-state index in [1.165, 1.54) is 24.3 Å². The van der Waals surface area contributed by atoms with Crippen molar-refractivity contribution in [2.45, 2.75) is 35.8 Å². The van der Waals surface area contributed by atoms with Crippen molar-refractivity contribution >= 4 is 19.7 Å². The summed E-state index contributed by atoms with van der Waals surface area (Å²) in [6.07, 6.45) is 0. The first-order valence-corrected chi connectivity index (χ1v) is 8.48. The third kappa shape index (κ3) is 2.87. The molecule has 1 aromatic rings. The first-order valence-electron chi connectivity index (χ1n) is 5.28. The molecule has 4 nitrogen and oxygen atoms in total. The van der Waals surface area contributed by atoms with E-state index in [2.05, 4.69) is 0 Å². The normalized spacial score (nSPS) is 12.9. The third-order valence-electron chi connectivity index (χ3n) is 2.51. The van der Waals surface area contributed by atoms with Crippen molar-refractivity contribution in [3.63, 3.8) is 0 Å². The van der Waals surface area contributed by atoms with E-state index in [9.17, 15) is 16.8 Å². The van der Waals surface area contributed by atoms with Gasteiger partial charge in [-0.25, -0.2) is 16.8 Å². The van der Waals surface area contributed by atoms with Crippen molar-refractivity contribution in [3.8, 4) is 0 Å². The number of hydrogen-bond donors (Lipinski definition) is 0. The minimum atomic E-state index is -3.34. The highest BCUT2D eigenvalue weighted by molar-refractivity contribution is 7.92. The van der Waals surface area contributed by atoms with Crippen LogP contribution in [0, 0.1) is 0 Å². The van der Waals surface area contributed by atoms with Crippen molar-refractivity contribution in [3.05, 3.63) is 24.3 Å². The molecule has 0 amide bonds. The highest BCUT2D eigenvalue weighted by Gasteiger charge is 2.20. The van der Waals surface area contributed by atoms with Crippen LogP contribution in [0.2, 0.25) is 0 Å². The van der Waals surface area contributed by atoms with E-state index in [0.29, 0.717) is 0 Å². The molecule has 0 atom stereocenters. The lowest BCUT2D eigenvalue weighted by molar-refractivity contribution is 0.586. The van der Waals surface area contributed by atoms with E-state index in [1.54, 1.807) is 20.8 Å². The molecule has 96 valence electrons. The van der Waals surface area contributed by atoms with E-state index < -0.39 is 24.9 Å². The van der Waals surface area contributed by atoms with Crippen LogP contribution >= 0.6 is 0 Å². The van der Waals surface area contributed by atoms with E-state index in [4.69, 9.17) is 0 Å². The van der Waals surface area contributed by atoms with Gasteiger partial charge in [0.05, 0.1) is 20.8 Å². The van der Waals surface area contributed by atoms with Crippen molar-refractivity contribution in [2.75, 3.05) is 5.75 Å². The lowest BCUT2D eigenvalue weighted by Crippen LogP contribution is -2.14. The molecule has 0 heterocycles. The molecule has 0 saturated heterocycles. The molecule has 0 aliphatic rings. The SMILES string of the molecule is CCS(=O)(=O)c1ccc(S(=O)(=O)C(C)C)cc1. The summed E-state index contributed by atoms with van der Waals surface area (Å²) in [6.45, 7) is 4.73. The van der Waals surface area contributed by atoms with Gasteiger partial charge in [-0.1, -0.05) is 6.92 Å². The molecule has 0 N–H and O–H groups in total. The Balaban J connectivity index is 3.23. The second-order valence-corrected chi connectivity index (χ2v) is 8.75. The van der Waals surface area contributed by atoms with Crippen molar-refractivity contribution in [2.24, 2.45) is 0 Å². The average Bonchev–Trinajstić information content (AvgIpc) is 2.29. The van der Waals surface area contributed by atoms with E-state index in [1.807, 2.05) is 0 Å². The van der Waals surface area contributed by atoms with Gasteiger partial charge in [0, 0.05) is 0 Å². The summed E-state index contributed by atoms with van der Waals surface area (Å²) in [5, 5.41) is -0.517. The van der Waals surface area contributed by atoms with Gasteiger partial charge in [-0.15, -0.1) is 0 Å². The lowest BCUT2D eigenvalue weighted by Gasteiger charge is -2.08. The maximum Gasteiger partial charge on any atom is 0.180 e. The molecule has 0 spiro atoms. The Kier molecular flexibility index (Phi) is 3.99. The number of benzene rings is 1. The standard InChI is InChI=1S/C11H16O4S2/c1-4-16(12,13)10-5-7-11(8-6-10)17(14,15)9(2)3/h5-9H,4H2,1-3H3. The lowest BCUT2D eigenvalue weighted by atomic mass is 10.4. The van der Waals surface area contributed by atoms with Gasteiger partial charge in [0.25, 0.3) is 0 Å². The highest BCUT2D eigenvalue weighted by atomic mass is 32.2. The fourth-order valence-corrected chi connectivity index (χ4v) is 3.22. The quantitative estimate of drug-likeness (QED) is 0.838. The van der Waals surface area contributed by atoms with Crippen LogP contribution in [-0.4, -0.2) is 27.8 Å². The van der Waals surface area contributed by atoms with Gasteiger partial charge in [-0.2, -0.15) is 0 Å². The predicted molar refractivity (Wildman–Crippen MR) is 66.5 cm³/mol. The number of hydrogen-bond acceptors (Lipinski definition) is 4. The van der Waals surface area contributed by atoms with Gasteiger partial charge in [-0.05, 0) is 38.1 Å². The Labute approximate surface area is 103 Å².